The van der Waals surface area contributed by atoms with Gasteiger partial charge in [-0.05, 0) is 74.4 Å². The number of anilines is 1. The molecule has 7 heteroatoms. The summed E-state index contributed by atoms with van der Waals surface area (Å²) in [4.78, 5) is 31.5. The Balaban J connectivity index is 1.66. The molecule has 0 saturated heterocycles. The van der Waals surface area contributed by atoms with E-state index in [1.54, 1.807) is 4.57 Å². The summed E-state index contributed by atoms with van der Waals surface area (Å²) in [5.41, 5.74) is 5.71. The van der Waals surface area contributed by atoms with Gasteiger partial charge in [-0.3, -0.25) is 14.2 Å². The van der Waals surface area contributed by atoms with Crippen molar-refractivity contribution >= 4 is 34.4 Å². The molecule has 2 aromatic carbocycles. The zero-order valence-electron chi connectivity index (χ0n) is 21.2. The van der Waals surface area contributed by atoms with Crippen LogP contribution >= 0.6 is 11.8 Å². The second-order valence-corrected chi connectivity index (χ2v) is 10.5. The monoisotopic (exact) mass is 500 g/mol. The second kappa shape index (κ2) is 10.4. The van der Waals surface area contributed by atoms with E-state index in [1.165, 1.54) is 40.7 Å². The lowest BCUT2D eigenvalue weighted by Gasteiger charge is -2.24. The maximum Gasteiger partial charge on any atom is 0.248 e. The van der Waals surface area contributed by atoms with Crippen molar-refractivity contribution < 1.29 is 9.59 Å². The molecule has 0 unspecified atom stereocenters. The van der Waals surface area contributed by atoms with Gasteiger partial charge in [0, 0.05) is 24.0 Å². The van der Waals surface area contributed by atoms with Gasteiger partial charge in [-0.2, -0.15) is 10.1 Å². The molecular weight excluding hydrogens is 468 g/mol. The lowest BCUT2D eigenvalue weighted by atomic mass is 9.90. The van der Waals surface area contributed by atoms with Gasteiger partial charge in [0.15, 0.2) is 5.82 Å². The highest BCUT2D eigenvalue weighted by atomic mass is 32.2. The summed E-state index contributed by atoms with van der Waals surface area (Å²) in [6.45, 7) is 6.01. The average Bonchev–Trinajstić information content (AvgIpc) is 3.28. The number of imidazole rings is 1. The van der Waals surface area contributed by atoms with Crippen molar-refractivity contribution in [3.05, 3.63) is 64.7 Å². The number of aromatic nitrogens is 2. The van der Waals surface area contributed by atoms with E-state index < -0.39 is 0 Å². The van der Waals surface area contributed by atoms with Gasteiger partial charge in [0.25, 0.3) is 0 Å². The van der Waals surface area contributed by atoms with Crippen LogP contribution in [0.3, 0.4) is 0 Å². The number of amides is 1. The molecule has 0 atom stereocenters. The Morgan fingerprint density at radius 1 is 0.889 bits per heavy atom. The van der Waals surface area contributed by atoms with E-state index in [0.717, 1.165) is 41.0 Å². The van der Waals surface area contributed by atoms with E-state index in [2.05, 4.69) is 18.2 Å². The first-order valence-corrected chi connectivity index (χ1v) is 13.8. The van der Waals surface area contributed by atoms with Crippen molar-refractivity contribution in [3.63, 3.8) is 0 Å². The predicted molar refractivity (Wildman–Crippen MR) is 146 cm³/mol. The molecule has 0 fully saturated rings. The topological polar surface area (TPSA) is 67.6 Å². The number of thioether (sulfide) groups is 1. The van der Waals surface area contributed by atoms with Gasteiger partial charge in [0.05, 0.1) is 0 Å². The maximum absolute atomic E-state index is 13.4. The molecule has 3 aromatic rings. The molecule has 0 saturated carbocycles. The van der Waals surface area contributed by atoms with Gasteiger partial charge < -0.3 is 0 Å². The number of hydrogen-bond acceptors (Lipinski definition) is 5. The number of benzene rings is 2. The Hall–Kier alpha value is -3.19. The van der Waals surface area contributed by atoms with Crippen LogP contribution in [0, 0.1) is 6.92 Å². The predicted octanol–water partition coefficient (Wildman–Crippen LogP) is 6.78. The minimum Gasteiger partial charge on any atom is -0.274 e. The fraction of sp³-hybridized carbons (Fsp3) is 0.379. The van der Waals surface area contributed by atoms with Crippen LogP contribution in [0.5, 0.6) is 0 Å². The SMILES string of the molecule is CCCC(=O)N1N=C(c2ccc3c(c2)CCCC3)Sc2c1nc(-c1ccc(C)cc1)n2C(=O)CCC. The number of fused-ring (bicyclic) bond motifs is 2. The fourth-order valence-corrected chi connectivity index (χ4v) is 5.86. The van der Waals surface area contributed by atoms with Gasteiger partial charge in [-0.1, -0.05) is 55.8 Å². The summed E-state index contributed by atoms with van der Waals surface area (Å²) >= 11 is 1.44. The minimum absolute atomic E-state index is 0.0242. The molecule has 1 aliphatic carbocycles. The second-order valence-electron chi connectivity index (χ2n) is 9.56. The van der Waals surface area contributed by atoms with Crippen LogP contribution in [0.1, 0.15) is 79.4 Å². The third-order valence-corrected chi connectivity index (χ3v) is 7.79. The molecule has 1 aromatic heterocycles. The minimum atomic E-state index is -0.113. The highest BCUT2D eigenvalue weighted by Gasteiger charge is 2.34. The summed E-state index contributed by atoms with van der Waals surface area (Å²) in [6.07, 6.45) is 6.80. The van der Waals surface area contributed by atoms with Gasteiger partial charge in [-0.15, -0.1) is 0 Å². The van der Waals surface area contributed by atoms with Crippen LogP contribution in [-0.4, -0.2) is 26.4 Å². The van der Waals surface area contributed by atoms with E-state index in [-0.39, 0.29) is 11.8 Å². The van der Waals surface area contributed by atoms with Gasteiger partial charge in [-0.25, -0.2) is 4.98 Å². The molecule has 5 rings (SSSR count). The molecule has 6 nitrogen and oxygen atoms in total. The maximum atomic E-state index is 13.4. The third-order valence-electron chi connectivity index (χ3n) is 6.72. The van der Waals surface area contributed by atoms with Crippen molar-refractivity contribution in [1.82, 2.24) is 9.55 Å². The van der Waals surface area contributed by atoms with Crippen molar-refractivity contribution in [2.24, 2.45) is 5.10 Å². The molecule has 0 bridgehead atoms. The molecule has 36 heavy (non-hydrogen) atoms. The molecule has 0 radical (unpaired) electrons. The van der Waals surface area contributed by atoms with Crippen molar-refractivity contribution in [2.75, 3.05) is 5.01 Å². The number of aryl methyl sites for hydroxylation is 3. The number of nitrogens with zero attached hydrogens (tertiary/aromatic N) is 4. The van der Waals surface area contributed by atoms with E-state index in [4.69, 9.17) is 10.1 Å². The number of hydrazone groups is 1. The Morgan fingerprint density at radius 3 is 2.28 bits per heavy atom. The molecule has 186 valence electrons. The van der Waals surface area contributed by atoms with Crippen LogP contribution in [0.25, 0.3) is 11.4 Å². The zero-order chi connectivity index (χ0) is 25.2. The van der Waals surface area contributed by atoms with Crippen molar-refractivity contribution in [1.29, 1.82) is 0 Å². The first-order valence-electron chi connectivity index (χ1n) is 12.9. The zero-order valence-corrected chi connectivity index (χ0v) is 22.0. The summed E-state index contributed by atoms with van der Waals surface area (Å²) in [5, 5.41) is 7.62. The van der Waals surface area contributed by atoms with E-state index >= 15 is 0 Å². The summed E-state index contributed by atoms with van der Waals surface area (Å²) in [7, 11) is 0. The largest absolute Gasteiger partial charge is 0.274 e. The summed E-state index contributed by atoms with van der Waals surface area (Å²) < 4.78 is 1.70. The van der Waals surface area contributed by atoms with Crippen LogP contribution in [0.2, 0.25) is 0 Å². The third kappa shape index (κ3) is 4.64. The van der Waals surface area contributed by atoms with E-state index in [9.17, 15) is 9.59 Å². The van der Waals surface area contributed by atoms with Crippen LogP contribution in [0.15, 0.2) is 52.6 Å². The highest BCUT2D eigenvalue weighted by molar-refractivity contribution is 8.14. The average molecular weight is 501 g/mol. The first kappa shape index (κ1) is 24.5. The quantitative estimate of drug-likeness (QED) is 0.374. The number of carbonyl (C=O) groups excluding carboxylic acids is 2. The molecule has 0 N–H and O–H groups in total. The van der Waals surface area contributed by atoms with Crippen molar-refractivity contribution in [2.45, 2.75) is 77.2 Å². The lowest BCUT2D eigenvalue weighted by molar-refractivity contribution is -0.118. The van der Waals surface area contributed by atoms with Crippen molar-refractivity contribution in [3.8, 4) is 11.4 Å². The normalized spacial score (nSPS) is 14.8. The Labute approximate surface area is 216 Å². The van der Waals surface area contributed by atoms with Crippen LogP contribution < -0.4 is 5.01 Å². The molecule has 0 spiro atoms. The molecule has 1 aliphatic heterocycles. The fourth-order valence-electron chi connectivity index (χ4n) is 4.80. The Morgan fingerprint density at radius 2 is 1.56 bits per heavy atom. The molecule has 2 heterocycles. The van der Waals surface area contributed by atoms with Crippen LogP contribution in [-0.2, 0) is 17.6 Å². The number of carbonyl (C=O) groups is 2. The van der Waals surface area contributed by atoms with E-state index in [0.29, 0.717) is 35.9 Å². The van der Waals surface area contributed by atoms with Gasteiger partial charge in [0.2, 0.25) is 11.8 Å². The van der Waals surface area contributed by atoms with Gasteiger partial charge in [0.1, 0.15) is 15.9 Å². The summed E-state index contributed by atoms with van der Waals surface area (Å²) in [5.74, 6) is 0.865. The molecule has 1 amide bonds. The Kier molecular flexibility index (Phi) is 7.10. The molecular formula is C29H32N4O2S. The summed E-state index contributed by atoms with van der Waals surface area (Å²) in [6, 6.07) is 14.5. The Bertz CT molecular complexity index is 1340. The first-order chi connectivity index (χ1) is 17.5. The van der Waals surface area contributed by atoms with Gasteiger partial charge >= 0.3 is 0 Å². The molecule has 2 aliphatic rings. The lowest BCUT2D eigenvalue weighted by Crippen LogP contribution is -2.30. The number of rotatable bonds is 6. The van der Waals surface area contributed by atoms with E-state index in [1.807, 2.05) is 45.0 Å². The highest BCUT2D eigenvalue weighted by Crippen LogP contribution is 2.41. The van der Waals surface area contributed by atoms with Crippen LogP contribution in [0.4, 0.5) is 5.82 Å². The smallest absolute Gasteiger partial charge is 0.248 e. The number of hydrogen-bond donors (Lipinski definition) is 0. The standard InChI is InChI=1S/C29H32N4O2S/c1-4-8-24(34)32-26(21-14-12-19(3)13-15-21)30-27-29(32)36-28(31-33(27)25(35)9-5-2)23-17-16-20-10-6-7-11-22(20)18-23/h12-18H,4-11H2,1-3H3.